The highest BCUT2D eigenvalue weighted by atomic mass is 16.5. The second-order valence-electron chi connectivity index (χ2n) is 7.39. The van der Waals surface area contributed by atoms with Crippen molar-refractivity contribution in [3.05, 3.63) is 76.7 Å². The van der Waals surface area contributed by atoms with Gasteiger partial charge in [0.25, 0.3) is 11.5 Å². The lowest BCUT2D eigenvalue weighted by molar-refractivity contribution is -0.123. The molecule has 1 N–H and O–H groups in total. The number of hydrogen-bond acceptors (Lipinski definition) is 4. The first kappa shape index (κ1) is 20.4. The number of fused-ring (bicyclic) bond motifs is 3. The SMILES string of the molecule is CCn1c2ccccc2c2cc(NC(=O)C(C)OC(=O)c3ccn(C)c(=O)c3)ccc21. The molecule has 0 aliphatic rings. The maximum Gasteiger partial charge on any atom is 0.339 e. The molecule has 4 aromatic rings. The van der Waals surface area contributed by atoms with Gasteiger partial charge in [0.15, 0.2) is 6.10 Å². The van der Waals surface area contributed by atoms with Crippen molar-refractivity contribution in [2.75, 3.05) is 5.32 Å². The number of hydrogen-bond donors (Lipinski definition) is 1. The maximum absolute atomic E-state index is 12.6. The average molecular weight is 417 g/mol. The summed E-state index contributed by atoms with van der Waals surface area (Å²) in [5.74, 6) is -1.17. The van der Waals surface area contributed by atoms with Crippen LogP contribution < -0.4 is 10.9 Å². The Balaban J connectivity index is 1.53. The zero-order valence-corrected chi connectivity index (χ0v) is 17.6. The number of aryl methyl sites for hydroxylation is 2. The van der Waals surface area contributed by atoms with Gasteiger partial charge in [-0.3, -0.25) is 9.59 Å². The highest BCUT2D eigenvalue weighted by Gasteiger charge is 2.20. The molecule has 0 aliphatic heterocycles. The molecule has 4 rings (SSSR count). The fourth-order valence-corrected chi connectivity index (χ4v) is 3.67. The van der Waals surface area contributed by atoms with E-state index in [9.17, 15) is 14.4 Å². The summed E-state index contributed by atoms with van der Waals surface area (Å²) in [5, 5.41) is 4.97. The van der Waals surface area contributed by atoms with Crippen molar-refractivity contribution < 1.29 is 14.3 Å². The van der Waals surface area contributed by atoms with E-state index in [1.807, 2.05) is 30.3 Å². The number of anilines is 1. The van der Waals surface area contributed by atoms with Crippen LogP contribution in [-0.2, 0) is 23.1 Å². The second-order valence-corrected chi connectivity index (χ2v) is 7.39. The van der Waals surface area contributed by atoms with Crippen molar-refractivity contribution in [2.24, 2.45) is 7.05 Å². The van der Waals surface area contributed by atoms with Gasteiger partial charge >= 0.3 is 5.97 Å². The summed E-state index contributed by atoms with van der Waals surface area (Å²) in [7, 11) is 1.59. The van der Waals surface area contributed by atoms with E-state index >= 15 is 0 Å². The van der Waals surface area contributed by atoms with Gasteiger partial charge in [-0.15, -0.1) is 0 Å². The topological polar surface area (TPSA) is 82.3 Å². The third kappa shape index (κ3) is 3.82. The number of ether oxygens (including phenoxy) is 1. The fourth-order valence-electron chi connectivity index (χ4n) is 3.67. The van der Waals surface area contributed by atoms with E-state index < -0.39 is 18.0 Å². The van der Waals surface area contributed by atoms with Crippen LogP contribution in [-0.4, -0.2) is 27.1 Å². The average Bonchev–Trinajstić information content (AvgIpc) is 3.08. The van der Waals surface area contributed by atoms with Gasteiger partial charge in [-0.05, 0) is 44.2 Å². The van der Waals surface area contributed by atoms with E-state index in [1.165, 1.54) is 29.8 Å². The van der Waals surface area contributed by atoms with Crippen LogP contribution in [0.3, 0.4) is 0 Å². The zero-order chi connectivity index (χ0) is 22.1. The van der Waals surface area contributed by atoms with Gasteiger partial charge in [-0.1, -0.05) is 18.2 Å². The van der Waals surface area contributed by atoms with E-state index in [0.29, 0.717) is 5.69 Å². The van der Waals surface area contributed by atoms with Crippen LogP contribution in [0, 0.1) is 0 Å². The van der Waals surface area contributed by atoms with E-state index in [1.54, 1.807) is 7.05 Å². The van der Waals surface area contributed by atoms with E-state index in [-0.39, 0.29) is 11.1 Å². The standard InChI is InChI=1S/C24H23N3O4/c1-4-27-20-8-6-5-7-18(20)19-14-17(9-10-21(19)27)25-23(29)15(2)31-24(30)16-11-12-26(3)22(28)13-16/h5-15H,4H2,1-3H3,(H,25,29). The number of esters is 1. The van der Waals surface area contributed by atoms with Crippen LogP contribution >= 0.6 is 0 Å². The molecule has 2 heterocycles. The second kappa shape index (κ2) is 8.10. The number of rotatable bonds is 5. The van der Waals surface area contributed by atoms with Crippen molar-refractivity contribution in [3.63, 3.8) is 0 Å². The molecule has 1 amide bonds. The molecule has 0 aliphatic carbocycles. The Morgan fingerprint density at radius 1 is 1.03 bits per heavy atom. The Bertz CT molecular complexity index is 1370. The molecule has 31 heavy (non-hydrogen) atoms. The molecule has 0 saturated carbocycles. The van der Waals surface area contributed by atoms with Gasteiger partial charge < -0.3 is 19.2 Å². The molecule has 7 nitrogen and oxygen atoms in total. The smallest absolute Gasteiger partial charge is 0.339 e. The lowest BCUT2D eigenvalue weighted by atomic mass is 10.1. The number of aromatic nitrogens is 2. The Hall–Kier alpha value is -3.87. The van der Waals surface area contributed by atoms with Crippen LogP contribution in [0.25, 0.3) is 21.8 Å². The number of carbonyl (C=O) groups excluding carboxylic acids is 2. The molecule has 1 unspecified atom stereocenters. The first-order chi connectivity index (χ1) is 14.9. The van der Waals surface area contributed by atoms with Gasteiger partial charge in [0, 0.05) is 53.3 Å². The third-order valence-corrected chi connectivity index (χ3v) is 5.35. The van der Waals surface area contributed by atoms with Crippen LogP contribution in [0.15, 0.2) is 65.6 Å². The minimum atomic E-state index is -1.02. The Labute approximate surface area is 178 Å². The predicted molar refractivity (Wildman–Crippen MR) is 120 cm³/mol. The van der Waals surface area contributed by atoms with Gasteiger partial charge in [0.1, 0.15) is 0 Å². The number of nitrogens with one attached hydrogen (secondary N) is 1. The minimum absolute atomic E-state index is 0.108. The Morgan fingerprint density at radius 3 is 2.52 bits per heavy atom. The fraction of sp³-hybridized carbons (Fsp3) is 0.208. The zero-order valence-electron chi connectivity index (χ0n) is 17.6. The Kier molecular flexibility index (Phi) is 5.33. The number of benzene rings is 2. The van der Waals surface area contributed by atoms with Crippen LogP contribution in [0.1, 0.15) is 24.2 Å². The van der Waals surface area contributed by atoms with Gasteiger partial charge in [0.05, 0.1) is 5.56 Å². The molecule has 7 heteroatoms. The molecule has 0 saturated heterocycles. The maximum atomic E-state index is 12.6. The molecule has 2 aromatic heterocycles. The number of carbonyl (C=O) groups is 2. The van der Waals surface area contributed by atoms with Crippen molar-refractivity contribution in [2.45, 2.75) is 26.5 Å². The van der Waals surface area contributed by atoms with Crippen LogP contribution in [0.2, 0.25) is 0 Å². The quantitative estimate of drug-likeness (QED) is 0.502. The number of amides is 1. The molecule has 158 valence electrons. The summed E-state index contributed by atoms with van der Waals surface area (Å²) in [6.45, 7) is 4.43. The molecular weight excluding hydrogens is 394 g/mol. The molecule has 0 fully saturated rings. The lowest BCUT2D eigenvalue weighted by Gasteiger charge is -2.14. The summed E-state index contributed by atoms with van der Waals surface area (Å²) >= 11 is 0. The van der Waals surface area contributed by atoms with E-state index in [4.69, 9.17) is 4.74 Å². The summed E-state index contributed by atoms with van der Waals surface area (Å²) in [6.07, 6.45) is 0.454. The molecule has 1 atom stereocenters. The molecular formula is C24H23N3O4. The van der Waals surface area contributed by atoms with Gasteiger partial charge in [-0.2, -0.15) is 0 Å². The molecule has 0 spiro atoms. The summed E-state index contributed by atoms with van der Waals surface area (Å²) in [4.78, 5) is 36.6. The van der Waals surface area contributed by atoms with Crippen molar-refractivity contribution in [1.82, 2.24) is 9.13 Å². The van der Waals surface area contributed by atoms with E-state index in [2.05, 4.69) is 28.9 Å². The number of nitrogens with zero attached hydrogens (tertiary/aromatic N) is 2. The predicted octanol–water partition coefficient (Wildman–Crippen LogP) is 3.70. The molecule has 0 radical (unpaired) electrons. The lowest BCUT2D eigenvalue weighted by Crippen LogP contribution is -2.30. The summed E-state index contributed by atoms with van der Waals surface area (Å²) in [6, 6.07) is 16.5. The summed E-state index contributed by atoms with van der Waals surface area (Å²) in [5.41, 5.74) is 2.63. The highest BCUT2D eigenvalue weighted by molar-refractivity contribution is 6.10. The first-order valence-electron chi connectivity index (χ1n) is 10.1. The Morgan fingerprint density at radius 2 is 1.77 bits per heavy atom. The van der Waals surface area contributed by atoms with Crippen LogP contribution in [0.4, 0.5) is 5.69 Å². The van der Waals surface area contributed by atoms with Gasteiger partial charge in [-0.25, -0.2) is 4.79 Å². The molecule has 2 aromatic carbocycles. The number of pyridine rings is 1. The minimum Gasteiger partial charge on any atom is -0.449 e. The van der Waals surface area contributed by atoms with Crippen molar-refractivity contribution >= 4 is 39.4 Å². The molecule has 0 bridgehead atoms. The first-order valence-corrected chi connectivity index (χ1v) is 10.1. The van der Waals surface area contributed by atoms with Crippen molar-refractivity contribution in [3.8, 4) is 0 Å². The monoisotopic (exact) mass is 417 g/mol. The van der Waals surface area contributed by atoms with E-state index in [0.717, 1.165) is 28.4 Å². The normalized spacial score (nSPS) is 12.1. The van der Waals surface area contributed by atoms with Crippen LogP contribution in [0.5, 0.6) is 0 Å². The largest absolute Gasteiger partial charge is 0.449 e. The van der Waals surface area contributed by atoms with Gasteiger partial charge in [0.2, 0.25) is 0 Å². The number of para-hydroxylation sites is 1. The highest BCUT2D eigenvalue weighted by Crippen LogP contribution is 2.31. The van der Waals surface area contributed by atoms with Crippen molar-refractivity contribution in [1.29, 1.82) is 0 Å². The third-order valence-electron chi connectivity index (χ3n) is 5.35. The summed E-state index contributed by atoms with van der Waals surface area (Å²) < 4.78 is 8.81.